The number of amides is 1. The third-order valence-electron chi connectivity index (χ3n) is 4.23. The number of thiophene rings is 2. The van der Waals surface area contributed by atoms with Gasteiger partial charge in [-0.3, -0.25) is 4.79 Å². The summed E-state index contributed by atoms with van der Waals surface area (Å²) in [5.74, 6) is 0.0296. The smallest absolute Gasteiger partial charge is 0.261 e. The Bertz CT molecular complexity index is 996. The number of hydrogen-bond donors (Lipinski definition) is 1. The van der Waals surface area contributed by atoms with Gasteiger partial charge < -0.3 is 9.88 Å². The molecule has 0 saturated heterocycles. The standard InChI is InChI=1S/C19H19N3OS2/c1-2-14-10-13-11-17(25-19(13)24-14)18(23)20-8-5-9-22-12-21-15-6-3-4-7-16(15)22/h3-4,6-7,10-12H,2,5,8-9H2,1H3,(H,20,23). The number of carbonyl (C=O) groups excluding carboxylic acids is 1. The van der Waals surface area contributed by atoms with Crippen LogP contribution in [0.4, 0.5) is 0 Å². The summed E-state index contributed by atoms with van der Waals surface area (Å²) in [5.41, 5.74) is 2.15. The summed E-state index contributed by atoms with van der Waals surface area (Å²) in [6.07, 6.45) is 3.80. The topological polar surface area (TPSA) is 46.9 Å². The fourth-order valence-corrected chi connectivity index (χ4v) is 5.25. The van der Waals surface area contributed by atoms with Crippen molar-refractivity contribution in [2.45, 2.75) is 26.3 Å². The van der Waals surface area contributed by atoms with Gasteiger partial charge in [0.2, 0.25) is 0 Å². The van der Waals surface area contributed by atoms with E-state index in [4.69, 9.17) is 0 Å². The predicted octanol–water partition coefficient (Wildman–Crippen LogP) is 4.70. The molecule has 6 heteroatoms. The van der Waals surface area contributed by atoms with E-state index in [-0.39, 0.29) is 5.91 Å². The third-order valence-corrected chi connectivity index (χ3v) is 6.76. The van der Waals surface area contributed by atoms with E-state index in [0.29, 0.717) is 6.54 Å². The second-order valence-corrected chi connectivity index (χ2v) is 8.40. The molecule has 4 nitrogen and oxygen atoms in total. The van der Waals surface area contributed by atoms with Crippen LogP contribution < -0.4 is 5.32 Å². The molecule has 0 unspecified atom stereocenters. The summed E-state index contributed by atoms with van der Waals surface area (Å²) in [5, 5.41) is 4.23. The van der Waals surface area contributed by atoms with Crippen LogP contribution in [0.25, 0.3) is 20.4 Å². The second-order valence-electron chi connectivity index (χ2n) is 5.96. The molecular formula is C19H19N3OS2. The molecule has 4 aromatic rings. The molecule has 0 aliphatic carbocycles. The van der Waals surface area contributed by atoms with Gasteiger partial charge in [0.05, 0.1) is 26.3 Å². The normalized spacial score (nSPS) is 11.4. The first-order chi connectivity index (χ1) is 12.2. The number of nitrogens with zero attached hydrogens (tertiary/aromatic N) is 2. The number of imidazole rings is 1. The maximum Gasteiger partial charge on any atom is 0.261 e. The lowest BCUT2D eigenvalue weighted by Crippen LogP contribution is -2.24. The molecule has 1 N–H and O–H groups in total. The van der Waals surface area contributed by atoms with Gasteiger partial charge >= 0.3 is 0 Å². The zero-order valence-corrected chi connectivity index (χ0v) is 15.6. The Morgan fingerprint density at radius 2 is 2.12 bits per heavy atom. The molecule has 1 amide bonds. The Hall–Kier alpha value is -2.18. The Morgan fingerprint density at radius 3 is 2.96 bits per heavy atom. The molecule has 1 aromatic carbocycles. The van der Waals surface area contributed by atoms with E-state index < -0.39 is 0 Å². The number of nitrogens with one attached hydrogen (secondary N) is 1. The van der Waals surface area contributed by atoms with E-state index in [1.165, 1.54) is 14.3 Å². The minimum absolute atomic E-state index is 0.0296. The molecule has 3 heterocycles. The van der Waals surface area contributed by atoms with Crippen molar-refractivity contribution in [1.29, 1.82) is 0 Å². The van der Waals surface area contributed by atoms with Gasteiger partial charge in [0, 0.05) is 23.4 Å². The number of hydrogen-bond acceptors (Lipinski definition) is 4. The highest BCUT2D eigenvalue weighted by Gasteiger charge is 2.12. The molecule has 3 aromatic heterocycles. The Balaban J connectivity index is 1.33. The number of carbonyl (C=O) groups is 1. The van der Waals surface area contributed by atoms with Gasteiger partial charge in [0.1, 0.15) is 0 Å². The number of aromatic nitrogens is 2. The summed E-state index contributed by atoms with van der Waals surface area (Å²) < 4.78 is 3.38. The average molecular weight is 370 g/mol. The summed E-state index contributed by atoms with van der Waals surface area (Å²) in [6, 6.07) is 12.3. The number of para-hydroxylation sites is 2. The van der Waals surface area contributed by atoms with Gasteiger partial charge in [-0.15, -0.1) is 22.7 Å². The van der Waals surface area contributed by atoms with Crippen molar-refractivity contribution in [2.24, 2.45) is 0 Å². The molecule has 0 bridgehead atoms. The number of rotatable bonds is 6. The first-order valence-electron chi connectivity index (χ1n) is 8.45. The van der Waals surface area contributed by atoms with Crippen LogP contribution in [0.1, 0.15) is 27.9 Å². The Morgan fingerprint density at radius 1 is 1.24 bits per heavy atom. The summed E-state index contributed by atoms with van der Waals surface area (Å²) >= 11 is 3.38. The lowest BCUT2D eigenvalue weighted by atomic mass is 10.3. The van der Waals surface area contributed by atoms with Crippen molar-refractivity contribution >= 4 is 49.0 Å². The Labute approximate surface area is 154 Å². The Kier molecular flexibility index (Phi) is 4.55. The molecule has 0 aliphatic rings. The number of fused-ring (bicyclic) bond motifs is 2. The van der Waals surface area contributed by atoms with Crippen LogP contribution in [-0.2, 0) is 13.0 Å². The van der Waals surface area contributed by atoms with Crippen molar-refractivity contribution < 1.29 is 4.79 Å². The number of benzene rings is 1. The highest BCUT2D eigenvalue weighted by atomic mass is 32.2. The summed E-state index contributed by atoms with van der Waals surface area (Å²) in [6.45, 7) is 3.67. The van der Waals surface area contributed by atoms with E-state index >= 15 is 0 Å². The average Bonchev–Trinajstić information content (AvgIpc) is 3.31. The first-order valence-corrected chi connectivity index (χ1v) is 10.1. The lowest BCUT2D eigenvalue weighted by molar-refractivity contribution is 0.0957. The van der Waals surface area contributed by atoms with Crippen LogP contribution >= 0.6 is 22.7 Å². The summed E-state index contributed by atoms with van der Waals surface area (Å²) in [4.78, 5) is 18.9. The lowest BCUT2D eigenvalue weighted by Gasteiger charge is -2.05. The molecule has 128 valence electrons. The molecule has 0 aliphatic heterocycles. The van der Waals surface area contributed by atoms with Gasteiger partial charge in [-0.05, 0) is 37.1 Å². The highest BCUT2D eigenvalue weighted by Crippen LogP contribution is 2.33. The van der Waals surface area contributed by atoms with Crippen molar-refractivity contribution in [3.63, 3.8) is 0 Å². The predicted molar refractivity (Wildman–Crippen MR) is 106 cm³/mol. The van der Waals surface area contributed by atoms with Crippen LogP contribution in [0, 0.1) is 0 Å². The molecule has 0 radical (unpaired) electrons. The maximum atomic E-state index is 12.3. The van der Waals surface area contributed by atoms with Crippen molar-refractivity contribution in [1.82, 2.24) is 14.9 Å². The van der Waals surface area contributed by atoms with E-state index in [2.05, 4.69) is 33.9 Å². The van der Waals surface area contributed by atoms with Crippen LogP contribution in [0.15, 0.2) is 42.7 Å². The van der Waals surface area contributed by atoms with Gasteiger partial charge in [-0.2, -0.15) is 0 Å². The van der Waals surface area contributed by atoms with Gasteiger partial charge in [-0.1, -0.05) is 19.1 Å². The molecule has 25 heavy (non-hydrogen) atoms. The monoisotopic (exact) mass is 369 g/mol. The minimum Gasteiger partial charge on any atom is -0.351 e. The van der Waals surface area contributed by atoms with Crippen LogP contribution in [0.5, 0.6) is 0 Å². The third kappa shape index (κ3) is 3.32. The van der Waals surface area contributed by atoms with E-state index in [1.807, 2.05) is 30.6 Å². The van der Waals surface area contributed by atoms with E-state index in [0.717, 1.165) is 35.3 Å². The van der Waals surface area contributed by atoms with Crippen LogP contribution in [0.2, 0.25) is 0 Å². The highest BCUT2D eigenvalue weighted by molar-refractivity contribution is 7.39. The maximum absolute atomic E-state index is 12.3. The molecular weight excluding hydrogens is 350 g/mol. The van der Waals surface area contributed by atoms with Crippen LogP contribution in [-0.4, -0.2) is 22.0 Å². The molecule has 0 spiro atoms. The van der Waals surface area contributed by atoms with Crippen molar-refractivity contribution in [3.8, 4) is 0 Å². The molecule has 0 fully saturated rings. The fraction of sp³-hybridized carbons (Fsp3) is 0.263. The van der Waals surface area contributed by atoms with Crippen molar-refractivity contribution in [3.05, 3.63) is 52.5 Å². The molecule has 0 atom stereocenters. The minimum atomic E-state index is 0.0296. The largest absolute Gasteiger partial charge is 0.351 e. The number of aryl methyl sites for hydroxylation is 2. The summed E-state index contributed by atoms with van der Waals surface area (Å²) in [7, 11) is 0. The van der Waals surface area contributed by atoms with Gasteiger partial charge in [0.15, 0.2) is 0 Å². The van der Waals surface area contributed by atoms with Crippen molar-refractivity contribution in [2.75, 3.05) is 6.54 Å². The van der Waals surface area contributed by atoms with E-state index in [9.17, 15) is 4.79 Å². The second kappa shape index (κ2) is 6.98. The van der Waals surface area contributed by atoms with Gasteiger partial charge in [0.25, 0.3) is 5.91 Å². The van der Waals surface area contributed by atoms with Gasteiger partial charge in [-0.25, -0.2) is 4.98 Å². The van der Waals surface area contributed by atoms with E-state index in [1.54, 1.807) is 22.7 Å². The molecule has 4 rings (SSSR count). The fourth-order valence-electron chi connectivity index (χ4n) is 2.90. The quantitative estimate of drug-likeness (QED) is 0.501. The molecule has 0 saturated carbocycles. The van der Waals surface area contributed by atoms with Crippen LogP contribution in [0.3, 0.4) is 0 Å². The SMILES string of the molecule is CCc1cc2cc(C(=O)NCCCn3cnc4ccccc43)sc2s1. The zero-order valence-electron chi connectivity index (χ0n) is 14.0. The first kappa shape index (κ1) is 16.3. The zero-order chi connectivity index (χ0) is 17.2.